The fourth-order valence-electron chi connectivity index (χ4n) is 4.18. The number of allylic oxidation sites excluding steroid dienone is 2. The van der Waals surface area contributed by atoms with E-state index in [0.717, 1.165) is 42.9 Å². The van der Waals surface area contributed by atoms with Crippen LogP contribution in [-0.4, -0.2) is 22.6 Å². The number of carbonyl (C=O) groups is 3. The Morgan fingerprint density at radius 1 is 1.00 bits per heavy atom. The zero-order valence-corrected chi connectivity index (χ0v) is 16.7. The van der Waals surface area contributed by atoms with Gasteiger partial charge in [0, 0.05) is 24.3 Å². The molecule has 0 saturated heterocycles. The molecule has 2 atom stereocenters. The van der Waals surface area contributed by atoms with Crippen molar-refractivity contribution in [1.29, 1.82) is 0 Å². The van der Waals surface area contributed by atoms with Crippen molar-refractivity contribution in [2.75, 3.05) is 0 Å². The van der Waals surface area contributed by atoms with E-state index in [-0.39, 0.29) is 24.0 Å². The summed E-state index contributed by atoms with van der Waals surface area (Å²) in [5, 5.41) is 10.8. The van der Waals surface area contributed by atoms with Gasteiger partial charge in [-0.05, 0) is 48.1 Å². The van der Waals surface area contributed by atoms with Crippen molar-refractivity contribution >= 4 is 28.3 Å². The molecule has 4 heteroatoms. The molecule has 1 fully saturated rings. The third-order valence-electron chi connectivity index (χ3n) is 5.84. The molecule has 4 nitrogen and oxygen atoms in total. The van der Waals surface area contributed by atoms with E-state index in [1.54, 1.807) is 6.08 Å². The van der Waals surface area contributed by atoms with Crippen molar-refractivity contribution in [3.05, 3.63) is 60.2 Å². The Morgan fingerprint density at radius 2 is 1.76 bits per heavy atom. The van der Waals surface area contributed by atoms with Crippen LogP contribution in [-0.2, 0) is 9.59 Å². The highest BCUT2D eigenvalue weighted by molar-refractivity contribution is 6.06. The van der Waals surface area contributed by atoms with Gasteiger partial charge in [-0.3, -0.25) is 14.4 Å². The van der Waals surface area contributed by atoms with Gasteiger partial charge in [0.15, 0.2) is 5.78 Å². The summed E-state index contributed by atoms with van der Waals surface area (Å²) in [6.07, 6.45) is 9.45. The summed E-state index contributed by atoms with van der Waals surface area (Å²) in [7, 11) is 0. The number of ketones is 2. The molecule has 152 valence electrons. The number of carboxylic acids is 1. The summed E-state index contributed by atoms with van der Waals surface area (Å²) in [6.45, 7) is 0. The minimum atomic E-state index is -0.753. The van der Waals surface area contributed by atoms with E-state index in [2.05, 4.69) is 0 Å². The minimum Gasteiger partial charge on any atom is -0.481 e. The maximum atomic E-state index is 12.6. The fourth-order valence-corrected chi connectivity index (χ4v) is 4.18. The number of carboxylic acid groups (broad SMARTS) is 1. The number of aliphatic carboxylic acids is 1. The number of Topliss-reactive ketones (excluding diaryl/α,β-unsaturated/α-hetero) is 1. The van der Waals surface area contributed by atoms with Gasteiger partial charge in [-0.1, -0.05) is 61.7 Å². The van der Waals surface area contributed by atoms with Crippen molar-refractivity contribution in [3.63, 3.8) is 0 Å². The Hall–Kier alpha value is -2.75. The molecule has 0 bridgehead atoms. The zero-order chi connectivity index (χ0) is 20.6. The summed E-state index contributed by atoms with van der Waals surface area (Å²) >= 11 is 0. The summed E-state index contributed by atoms with van der Waals surface area (Å²) in [6, 6.07) is 13.7. The summed E-state index contributed by atoms with van der Waals surface area (Å²) in [4.78, 5) is 35.4. The van der Waals surface area contributed by atoms with Crippen LogP contribution in [0.4, 0.5) is 0 Å². The molecule has 0 aromatic heterocycles. The third-order valence-corrected chi connectivity index (χ3v) is 5.84. The summed E-state index contributed by atoms with van der Waals surface area (Å²) < 4.78 is 0. The molecule has 1 N–H and O–H groups in total. The van der Waals surface area contributed by atoms with Crippen LogP contribution < -0.4 is 0 Å². The largest absolute Gasteiger partial charge is 0.481 e. The second-order valence-corrected chi connectivity index (χ2v) is 7.91. The molecule has 0 heterocycles. The maximum Gasteiger partial charge on any atom is 0.303 e. The molecule has 2 aromatic carbocycles. The van der Waals surface area contributed by atoms with Gasteiger partial charge >= 0.3 is 5.97 Å². The number of hydrogen-bond donors (Lipinski definition) is 1. The number of rotatable bonds is 10. The first-order chi connectivity index (χ1) is 14.0. The molecule has 2 aromatic rings. The maximum absolute atomic E-state index is 12.6. The van der Waals surface area contributed by atoms with Crippen LogP contribution in [0.15, 0.2) is 54.6 Å². The molecule has 29 heavy (non-hydrogen) atoms. The van der Waals surface area contributed by atoms with E-state index in [0.29, 0.717) is 24.2 Å². The average molecular weight is 392 g/mol. The molecule has 0 aliphatic heterocycles. The van der Waals surface area contributed by atoms with Crippen LogP contribution in [0, 0.1) is 11.8 Å². The van der Waals surface area contributed by atoms with Crippen molar-refractivity contribution < 1.29 is 19.5 Å². The molecule has 1 saturated carbocycles. The summed E-state index contributed by atoms with van der Waals surface area (Å²) in [5.74, 6) is -0.357. The molecule has 0 radical (unpaired) electrons. The van der Waals surface area contributed by atoms with E-state index < -0.39 is 5.97 Å². The Kier molecular flexibility index (Phi) is 7.34. The van der Waals surface area contributed by atoms with Gasteiger partial charge in [-0.2, -0.15) is 0 Å². The van der Waals surface area contributed by atoms with Gasteiger partial charge in [-0.15, -0.1) is 0 Å². The van der Waals surface area contributed by atoms with Crippen LogP contribution in [0.1, 0.15) is 61.7 Å². The van der Waals surface area contributed by atoms with E-state index in [1.165, 1.54) is 0 Å². The van der Waals surface area contributed by atoms with E-state index in [4.69, 9.17) is 5.11 Å². The Morgan fingerprint density at radius 3 is 2.55 bits per heavy atom. The predicted molar refractivity (Wildman–Crippen MR) is 114 cm³/mol. The van der Waals surface area contributed by atoms with Crippen molar-refractivity contribution in [3.8, 4) is 0 Å². The topological polar surface area (TPSA) is 71.4 Å². The van der Waals surface area contributed by atoms with Gasteiger partial charge < -0.3 is 5.11 Å². The second kappa shape index (κ2) is 10.1. The van der Waals surface area contributed by atoms with Gasteiger partial charge in [0.1, 0.15) is 5.78 Å². The standard InChI is InChI=1S/C25H28O4/c26-23(21-12-11-18-7-5-6-8-20(18)17-21)15-13-19-14-16-24(27)22(19)9-3-1-2-4-10-25(28)29/h5-8,11-13,15,17,19,22H,1-4,9-10,14,16H2,(H,28,29). The highest BCUT2D eigenvalue weighted by atomic mass is 16.4. The van der Waals surface area contributed by atoms with Crippen molar-refractivity contribution in [1.82, 2.24) is 0 Å². The van der Waals surface area contributed by atoms with E-state index in [1.807, 2.05) is 48.5 Å². The van der Waals surface area contributed by atoms with Crippen LogP contribution in [0.2, 0.25) is 0 Å². The number of carbonyl (C=O) groups excluding carboxylic acids is 2. The number of hydrogen-bond acceptors (Lipinski definition) is 3. The quantitative estimate of drug-likeness (QED) is 0.325. The lowest BCUT2D eigenvalue weighted by molar-refractivity contribution is -0.137. The first-order valence-electron chi connectivity index (χ1n) is 10.5. The van der Waals surface area contributed by atoms with Crippen LogP contribution in [0.3, 0.4) is 0 Å². The Labute approximate surface area is 171 Å². The molecular formula is C25H28O4. The smallest absolute Gasteiger partial charge is 0.303 e. The van der Waals surface area contributed by atoms with Gasteiger partial charge in [0.25, 0.3) is 0 Å². The number of benzene rings is 2. The summed E-state index contributed by atoms with van der Waals surface area (Å²) in [5.41, 5.74) is 0.666. The Balaban J connectivity index is 1.54. The molecule has 0 amide bonds. The highest BCUT2D eigenvalue weighted by Crippen LogP contribution is 2.34. The molecule has 0 spiro atoms. The lowest BCUT2D eigenvalue weighted by Crippen LogP contribution is -2.13. The monoisotopic (exact) mass is 392 g/mol. The lowest BCUT2D eigenvalue weighted by atomic mass is 9.89. The van der Waals surface area contributed by atoms with Crippen molar-refractivity contribution in [2.45, 2.75) is 51.4 Å². The average Bonchev–Trinajstić information content (AvgIpc) is 3.07. The SMILES string of the molecule is O=C(O)CCCCCCC1C(=O)CCC1C=CC(=O)c1ccc2ccccc2c1. The van der Waals surface area contributed by atoms with Gasteiger partial charge in [-0.25, -0.2) is 0 Å². The number of fused-ring (bicyclic) bond motifs is 1. The van der Waals surface area contributed by atoms with Gasteiger partial charge in [0.05, 0.1) is 0 Å². The third kappa shape index (κ3) is 5.86. The highest BCUT2D eigenvalue weighted by Gasteiger charge is 2.32. The van der Waals surface area contributed by atoms with Crippen LogP contribution >= 0.6 is 0 Å². The molecule has 3 rings (SSSR count). The van der Waals surface area contributed by atoms with Crippen LogP contribution in [0.25, 0.3) is 10.8 Å². The molecule has 2 unspecified atom stereocenters. The Bertz CT molecular complexity index is 912. The molecule has 1 aliphatic rings. The van der Waals surface area contributed by atoms with Gasteiger partial charge in [0.2, 0.25) is 0 Å². The predicted octanol–water partition coefficient (Wildman–Crippen LogP) is 5.60. The van der Waals surface area contributed by atoms with E-state index >= 15 is 0 Å². The molecular weight excluding hydrogens is 364 g/mol. The molecule has 1 aliphatic carbocycles. The number of unbranched alkanes of at least 4 members (excludes halogenated alkanes) is 3. The normalized spacial score (nSPS) is 19.2. The lowest BCUT2D eigenvalue weighted by Gasteiger charge is -2.14. The van der Waals surface area contributed by atoms with Crippen molar-refractivity contribution in [2.24, 2.45) is 11.8 Å². The fraction of sp³-hybridized carbons (Fsp3) is 0.400. The van der Waals surface area contributed by atoms with Crippen LogP contribution in [0.5, 0.6) is 0 Å². The second-order valence-electron chi connectivity index (χ2n) is 7.91. The first-order valence-corrected chi connectivity index (χ1v) is 10.5. The first kappa shape index (κ1) is 21.0. The zero-order valence-electron chi connectivity index (χ0n) is 16.7. The minimum absolute atomic E-state index is 0.00451. The van der Waals surface area contributed by atoms with E-state index in [9.17, 15) is 14.4 Å².